The van der Waals surface area contributed by atoms with Crippen molar-refractivity contribution in [2.75, 3.05) is 18.5 Å². The van der Waals surface area contributed by atoms with Crippen LogP contribution in [-0.2, 0) is 17.6 Å². The first-order valence-corrected chi connectivity index (χ1v) is 6.29. The Morgan fingerprint density at radius 2 is 1.82 bits per heavy atom. The molecule has 1 heterocycles. The summed E-state index contributed by atoms with van der Waals surface area (Å²) < 4.78 is 5.43. The van der Waals surface area contributed by atoms with Gasteiger partial charge in [0.2, 0.25) is 5.95 Å². The van der Waals surface area contributed by atoms with Gasteiger partial charge in [0.1, 0.15) is 0 Å². The van der Waals surface area contributed by atoms with Crippen molar-refractivity contribution in [3.63, 3.8) is 0 Å². The molecule has 0 aliphatic heterocycles. The van der Waals surface area contributed by atoms with Crippen LogP contribution >= 0.6 is 0 Å². The standard InChI is InChI=1S/C12H22N4O/c1-5-10-11(6-2)15-16-12(14-10)13-8-9(4)17-7-3/h9H,5-8H2,1-4H3,(H,13,14,16). The zero-order valence-electron chi connectivity index (χ0n) is 11.2. The fraction of sp³-hybridized carbons (Fsp3) is 0.750. The minimum Gasteiger partial charge on any atom is -0.377 e. The first-order valence-electron chi connectivity index (χ1n) is 6.29. The van der Waals surface area contributed by atoms with Gasteiger partial charge < -0.3 is 10.1 Å². The number of nitrogens with one attached hydrogen (secondary N) is 1. The smallest absolute Gasteiger partial charge is 0.243 e. The fourth-order valence-corrected chi connectivity index (χ4v) is 1.59. The first kappa shape index (κ1) is 13.8. The minimum atomic E-state index is 0.152. The Kier molecular flexibility index (Phi) is 5.83. The predicted octanol–water partition coefficient (Wildman–Crippen LogP) is 1.83. The second-order valence-corrected chi connectivity index (χ2v) is 3.88. The molecule has 0 radical (unpaired) electrons. The molecule has 96 valence electrons. The van der Waals surface area contributed by atoms with Crippen molar-refractivity contribution in [1.82, 2.24) is 15.2 Å². The third-order valence-electron chi connectivity index (χ3n) is 2.51. The fourth-order valence-electron chi connectivity index (χ4n) is 1.59. The van der Waals surface area contributed by atoms with Crippen molar-refractivity contribution in [3.05, 3.63) is 11.4 Å². The topological polar surface area (TPSA) is 59.9 Å². The summed E-state index contributed by atoms with van der Waals surface area (Å²) in [5.74, 6) is 0.589. The number of hydrogen-bond acceptors (Lipinski definition) is 5. The van der Waals surface area contributed by atoms with E-state index < -0.39 is 0 Å². The molecule has 0 saturated carbocycles. The van der Waals surface area contributed by atoms with Gasteiger partial charge in [0.15, 0.2) is 0 Å². The second-order valence-electron chi connectivity index (χ2n) is 3.88. The molecule has 0 bridgehead atoms. The molecule has 1 rings (SSSR count). The Balaban J connectivity index is 2.60. The molecule has 5 heteroatoms. The highest BCUT2D eigenvalue weighted by Crippen LogP contribution is 2.06. The third kappa shape index (κ3) is 4.26. The maximum atomic E-state index is 5.43. The minimum absolute atomic E-state index is 0.152. The summed E-state index contributed by atoms with van der Waals surface area (Å²) in [4.78, 5) is 4.45. The summed E-state index contributed by atoms with van der Waals surface area (Å²) in [5, 5.41) is 11.4. The molecule has 1 aromatic heterocycles. The monoisotopic (exact) mass is 238 g/mol. The van der Waals surface area contributed by atoms with Gasteiger partial charge in [-0.05, 0) is 26.7 Å². The average Bonchev–Trinajstić information content (AvgIpc) is 2.36. The second kappa shape index (κ2) is 7.17. The Morgan fingerprint density at radius 3 is 2.41 bits per heavy atom. The number of ether oxygens (including phenoxy) is 1. The zero-order valence-corrected chi connectivity index (χ0v) is 11.2. The molecular formula is C12H22N4O. The van der Waals surface area contributed by atoms with Gasteiger partial charge in [-0.15, -0.1) is 5.10 Å². The van der Waals surface area contributed by atoms with E-state index in [4.69, 9.17) is 4.74 Å². The molecule has 0 saturated heterocycles. The van der Waals surface area contributed by atoms with E-state index in [9.17, 15) is 0 Å². The zero-order chi connectivity index (χ0) is 12.7. The SMILES string of the molecule is CCOC(C)CNc1nnc(CC)c(CC)n1. The van der Waals surface area contributed by atoms with Gasteiger partial charge in [-0.3, -0.25) is 0 Å². The normalized spacial score (nSPS) is 12.5. The molecular weight excluding hydrogens is 216 g/mol. The molecule has 0 spiro atoms. The van der Waals surface area contributed by atoms with E-state index in [1.54, 1.807) is 0 Å². The summed E-state index contributed by atoms with van der Waals surface area (Å²) >= 11 is 0. The Morgan fingerprint density at radius 1 is 1.12 bits per heavy atom. The van der Waals surface area contributed by atoms with Gasteiger partial charge in [-0.25, -0.2) is 4.98 Å². The Bertz CT molecular complexity index is 343. The van der Waals surface area contributed by atoms with Crippen molar-refractivity contribution < 1.29 is 4.74 Å². The van der Waals surface area contributed by atoms with Crippen LogP contribution in [0.15, 0.2) is 0 Å². The van der Waals surface area contributed by atoms with Crippen LogP contribution in [0.4, 0.5) is 5.95 Å². The lowest BCUT2D eigenvalue weighted by Gasteiger charge is -2.13. The van der Waals surface area contributed by atoms with Gasteiger partial charge >= 0.3 is 0 Å². The van der Waals surface area contributed by atoms with Crippen LogP contribution in [0.5, 0.6) is 0 Å². The summed E-state index contributed by atoms with van der Waals surface area (Å²) in [7, 11) is 0. The number of nitrogens with zero attached hydrogens (tertiary/aromatic N) is 3. The number of aromatic nitrogens is 3. The Hall–Kier alpha value is -1.23. The molecule has 1 atom stereocenters. The van der Waals surface area contributed by atoms with Crippen LogP contribution in [-0.4, -0.2) is 34.4 Å². The van der Waals surface area contributed by atoms with E-state index in [-0.39, 0.29) is 6.10 Å². The number of rotatable bonds is 7. The molecule has 0 aliphatic rings. The number of hydrogen-bond donors (Lipinski definition) is 1. The molecule has 0 amide bonds. The lowest BCUT2D eigenvalue weighted by atomic mass is 10.2. The summed E-state index contributed by atoms with van der Waals surface area (Å²) in [5.41, 5.74) is 2.00. The van der Waals surface area contributed by atoms with Crippen LogP contribution < -0.4 is 5.32 Å². The van der Waals surface area contributed by atoms with Crippen molar-refractivity contribution in [2.45, 2.75) is 46.6 Å². The van der Waals surface area contributed by atoms with Crippen molar-refractivity contribution in [3.8, 4) is 0 Å². The van der Waals surface area contributed by atoms with E-state index >= 15 is 0 Å². The average molecular weight is 238 g/mol. The first-order chi connectivity index (χ1) is 8.21. The van der Waals surface area contributed by atoms with E-state index in [0.29, 0.717) is 12.5 Å². The quantitative estimate of drug-likeness (QED) is 0.785. The molecule has 1 unspecified atom stereocenters. The molecule has 0 aromatic carbocycles. The largest absolute Gasteiger partial charge is 0.377 e. The van der Waals surface area contributed by atoms with Crippen LogP contribution in [0.3, 0.4) is 0 Å². The highest BCUT2D eigenvalue weighted by Gasteiger charge is 2.07. The molecule has 17 heavy (non-hydrogen) atoms. The number of aryl methyl sites for hydroxylation is 2. The maximum Gasteiger partial charge on any atom is 0.243 e. The van der Waals surface area contributed by atoms with Crippen molar-refractivity contribution >= 4 is 5.95 Å². The Labute approximate surface area is 103 Å². The molecule has 5 nitrogen and oxygen atoms in total. The van der Waals surface area contributed by atoms with E-state index in [1.807, 2.05) is 13.8 Å². The van der Waals surface area contributed by atoms with Crippen molar-refractivity contribution in [1.29, 1.82) is 0 Å². The lowest BCUT2D eigenvalue weighted by molar-refractivity contribution is 0.0854. The van der Waals surface area contributed by atoms with Crippen molar-refractivity contribution in [2.24, 2.45) is 0 Å². The van der Waals surface area contributed by atoms with Crippen LogP contribution in [0.25, 0.3) is 0 Å². The molecule has 1 aromatic rings. The molecule has 1 N–H and O–H groups in total. The maximum absolute atomic E-state index is 5.43. The summed E-state index contributed by atoms with van der Waals surface area (Å²) in [6.45, 7) is 9.57. The van der Waals surface area contributed by atoms with Gasteiger partial charge in [0.05, 0.1) is 17.5 Å². The highest BCUT2D eigenvalue weighted by molar-refractivity contribution is 5.25. The van der Waals surface area contributed by atoms with Crippen LogP contribution in [0.1, 0.15) is 39.1 Å². The van der Waals surface area contributed by atoms with E-state index in [0.717, 1.165) is 30.8 Å². The number of anilines is 1. The van der Waals surface area contributed by atoms with E-state index in [1.165, 1.54) is 0 Å². The molecule has 0 aliphatic carbocycles. The van der Waals surface area contributed by atoms with Gasteiger partial charge in [-0.1, -0.05) is 13.8 Å². The lowest BCUT2D eigenvalue weighted by Crippen LogP contribution is -2.21. The predicted molar refractivity (Wildman–Crippen MR) is 68.2 cm³/mol. The highest BCUT2D eigenvalue weighted by atomic mass is 16.5. The van der Waals surface area contributed by atoms with Gasteiger partial charge in [0, 0.05) is 13.2 Å². The van der Waals surface area contributed by atoms with Gasteiger partial charge in [-0.2, -0.15) is 5.10 Å². The van der Waals surface area contributed by atoms with Crippen LogP contribution in [0.2, 0.25) is 0 Å². The van der Waals surface area contributed by atoms with Crippen LogP contribution in [0, 0.1) is 0 Å². The summed E-state index contributed by atoms with van der Waals surface area (Å²) in [6.07, 6.45) is 1.91. The third-order valence-corrected chi connectivity index (χ3v) is 2.51. The van der Waals surface area contributed by atoms with Gasteiger partial charge in [0.25, 0.3) is 0 Å². The molecule has 0 fully saturated rings. The summed E-state index contributed by atoms with van der Waals surface area (Å²) in [6, 6.07) is 0. The van der Waals surface area contributed by atoms with E-state index in [2.05, 4.69) is 34.3 Å².